The normalized spacial score (nSPS) is 15.7. The number of carbonyl (C=O) groups excluding carboxylic acids is 1. The smallest absolute Gasteiger partial charge is 0.261 e. The molecule has 0 radical (unpaired) electrons. The van der Waals surface area contributed by atoms with Crippen molar-refractivity contribution in [3.05, 3.63) is 58.9 Å². The van der Waals surface area contributed by atoms with Gasteiger partial charge in [0.05, 0.1) is 13.7 Å². The molecule has 0 aromatic heterocycles. The predicted molar refractivity (Wildman–Crippen MR) is 120 cm³/mol. The SMILES string of the molecule is COc1ccc2c(c1)CCNC2C(=O)Nc1ccc(C(C)(C)COCC(F)F)c(F)c1.Cl. The molecule has 176 valence electrons. The number of methoxy groups -OCH3 is 1. The number of anilines is 1. The lowest BCUT2D eigenvalue weighted by atomic mass is 9.85. The van der Waals surface area contributed by atoms with Crippen LogP contribution in [0.5, 0.6) is 5.75 Å². The van der Waals surface area contributed by atoms with E-state index in [2.05, 4.69) is 10.6 Å². The van der Waals surface area contributed by atoms with E-state index in [9.17, 15) is 18.0 Å². The van der Waals surface area contributed by atoms with Gasteiger partial charge in [-0.2, -0.15) is 0 Å². The summed E-state index contributed by atoms with van der Waals surface area (Å²) in [6.07, 6.45) is -1.79. The van der Waals surface area contributed by atoms with Crippen molar-refractivity contribution in [2.45, 2.75) is 38.2 Å². The van der Waals surface area contributed by atoms with Crippen LogP contribution in [0, 0.1) is 5.82 Å². The van der Waals surface area contributed by atoms with E-state index in [-0.39, 0.29) is 24.9 Å². The number of carbonyl (C=O) groups is 1. The molecule has 0 fully saturated rings. The molecule has 0 aliphatic carbocycles. The Balaban J connectivity index is 0.00000363. The number of amides is 1. The van der Waals surface area contributed by atoms with Gasteiger partial charge < -0.3 is 20.1 Å². The van der Waals surface area contributed by atoms with E-state index < -0.39 is 30.3 Å². The molecule has 0 spiro atoms. The average Bonchev–Trinajstić information content (AvgIpc) is 2.72. The Kier molecular flexibility index (Phi) is 8.95. The van der Waals surface area contributed by atoms with Gasteiger partial charge in [0.1, 0.15) is 24.2 Å². The Bertz CT molecular complexity index is 941. The van der Waals surface area contributed by atoms with Gasteiger partial charge in [-0.3, -0.25) is 4.79 Å². The molecule has 3 rings (SSSR count). The number of nitrogens with one attached hydrogen (secondary N) is 2. The largest absolute Gasteiger partial charge is 0.497 e. The van der Waals surface area contributed by atoms with Crippen LogP contribution in [0.4, 0.5) is 18.9 Å². The van der Waals surface area contributed by atoms with Gasteiger partial charge in [0.15, 0.2) is 0 Å². The van der Waals surface area contributed by atoms with Crippen molar-refractivity contribution in [3.8, 4) is 5.75 Å². The summed E-state index contributed by atoms with van der Waals surface area (Å²) >= 11 is 0. The fourth-order valence-electron chi connectivity index (χ4n) is 3.74. The quantitative estimate of drug-likeness (QED) is 0.587. The summed E-state index contributed by atoms with van der Waals surface area (Å²) in [7, 11) is 1.59. The summed E-state index contributed by atoms with van der Waals surface area (Å²) in [4.78, 5) is 12.9. The average molecular weight is 473 g/mol. The van der Waals surface area contributed by atoms with Crippen molar-refractivity contribution in [1.82, 2.24) is 5.32 Å². The van der Waals surface area contributed by atoms with Crippen molar-refractivity contribution in [3.63, 3.8) is 0 Å². The van der Waals surface area contributed by atoms with E-state index in [0.717, 1.165) is 23.3 Å². The number of hydrogen-bond acceptors (Lipinski definition) is 4. The van der Waals surface area contributed by atoms with E-state index >= 15 is 0 Å². The summed E-state index contributed by atoms with van der Waals surface area (Å²) in [5, 5.41) is 5.95. The number of ether oxygens (including phenoxy) is 2. The number of fused-ring (bicyclic) bond motifs is 1. The van der Waals surface area contributed by atoms with Crippen LogP contribution in [0.15, 0.2) is 36.4 Å². The van der Waals surface area contributed by atoms with Crippen LogP contribution in [0.25, 0.3) is 0 Å². The minimum Gasteiger partial charge on any atom is -0.497 e. The van der Waals surface area contributed by atoms with Gasteiger partial charge in [0.2, 0.25) is 5.91 Å². The van der Waals surface area contributed by atoms with Crippen LogP contribution >= 0.6 is 12.4 Å². The highest BCUT2D eigenvalue weighted by atomic mass is 35.5. The van der Waals surface area contributed by atoms with Gasteiger partial charge in [0, 0.05) is 17.6 Å². The zero-order chi connectivity index (χ0) is 22.6. The first-order valence-electron chi connectivity index (χ1n) is 10.1. The van der Waals surface area contributed by atoms with E-state index in [1.54, 1.807) is 39.2 Å². The second kappa shape index (κ2) is 11.0. The third-order valence-corrected chi connectivity index (χ3v) is 5.34. The van der Waals surface area contributed by atoms with Crippen LogP contribution in [0.1, 0.15) is 36.6 Å². The minimum atomic E-state index is -2.57. The first-order valence-corrected chi connectivity index (χ1v) is 10.1. The van der Waals surface area contributed by atoms with Crippen molar-refractivity contribution in [2.75, 3.05) is 32.2 Å². The Morgan fingerprint density at radius 3 is 2.66 bits per heavy atom. The van der Waals surface area contributed by atoms with Gasteiger partial charge in [-0.25, -0.2) is 13.2 Å². The van der Waals surface area contributed by atoms with Crippen molar-refractivity contribution < 1.29 is 27.4 Å². The van der Waals surface area contributed by atoms with Crippen molar-refractivity contribution in [1.29, 1.82) is 0 Å². The maximum absolute atomic E-state index is 14.8. The first kappa shape index (κ1) is 26.0. The van der Waals surface area contributed by atoms with Crippen LogP contribution in [-0.2, 0) is 21.4 Å². The number of alkyl halides is 2. The topological polar surface area (TPSA) is 59.6 Å². The lowest BCUT2D eigenvalue weighted by Crippen LogP contribution is -2.38. The molecule has 0 saturated heterocycles. The molecule has 1 aliphatic heterocycles. The molecule has 5 nitrogen and oxygen atoms in total. The molecular formula is C23H28ClF3N2O3. The number of halogens is 4. The maximum Gasteiger partial charge on any atom is 0.261 e. The van der Waals surface area contributed by atoms with Crippen LogP contribution in [0.3, 0.4) is 0 Å². The number of hydrogen-bond donors (Lipinski definition) is 2. The third kappa shape index (κ3) is 6.15. The van der Waals surface area contributed by atoms with E-state index in [0.29, 0.717) is 17.8 Å². The molecule has 1 heterocycles. The lowest BCUT2D eigenvalue weighted by molar-refractivity contribution is -0.118. The van der Waals surface area contributed by atoms with Crippen LogP contribution in [0.2, 0.25) is 0 Å². The second-order valence-corrected chi connectivity index (χ2v) is 8.18. The highest BCUT2D eigenvalue weighted by molar-refractivity contribution is 5.96. The Labute approximate surface area is 192 Å². The third-order valence-electron chi connectivity index (χ3n) is 5.34. The standard InChI is InChI=1S/C23H27F3N2O3.ClH/c1-23(2,13-31-12-20(25)26)18-7-4-15(11-19(18)24)28-22(29)21-17-6-5-16(30-3)10-14(17)8-9-27-21;/h4-7,10-11,20-21,27H,8-9,12-13H2,1-3H3,(H,28,29);1H. The first-order chi connectivity index (χ1) is 14.7. The molecular weight excluding hydrogens is 445 g/mol. The zero-order valence-electron chi connectivity index (χ0n) is 18.2. The predicted octanol–water partition coefficient (Wildman–Crippen LogP) is 4.64. The van der Waals surface area contributed by atoms with Crippen molar-refractivity contribution in [2.24, 2.45) is 0 Å². The molecule has 32 heavy (non-hydrogen) atoms. The second-order valence-electron chi connectivity index (χ2n) is 8.18. The number of rotatable bonds is 8. The van der Waals surface area contributed by atoms with Gasteiger partial charge in [-0.05, 0) is 47.4 Å². The summed E-state index contributed by atoms with van der Waals surface area (Å²) in [5.74, 6) is -0.0967. The van der Waals surface area contributed by atoms with Crippen LogP contribution < -0.4 is 15.4 Å². The maximum atomic E-state index is 14.8. The Morgan fingerprint density at radius 2 is 2.00 bits per heavy atom. The van der Waals surface area contributed by atoms with Crippen molar-refractivity contribution >= 4 is 24.0 Å². The molecule has 1 unspecified atom stereocenters. The van der Waals surface area contributed by atoms with Gasteiger partial charge in [0.25, 0.3) is 6.43 Å². The zero-order valence-corrected chi connectivity index (χ0v) is 19.0. The Morgan fingerprint density at radius 1 is 1.25 bits per heavy atom. The van der Waals surface area contributed by atoms with E-state index in [1.165, 1.54) is 6.07 Å². The minimum absolute atomic E-state index is 0. The van der Waals surface area contributed by atoms with Gasteiger partial charge in [-0.1, -0.05) is 26.0 Å². The molecule has 9 heteroatoms. The molecule has 2 aromatic carbocycles. The summed E-state index contributed by atoms with van der Waals surface area (Å²) in [6.45, 7) is 3.32. The molecule has 0 bridgehead atoms. The van der Waals surface area contributed by atoms with E-state index in [4.69, 9.17) is 9.47 Å². The molecule has 1 amide bonds. The molecule has 1 aliphatic rings. The highest BCUT2D eigenvalue weighted by Crippen LogP contribution is 2.30. The van der Waals surface area contributed by atoms with Crippen LogP contribution in [-0.4, -0.2) is 39.2 Å². The highest BCUT2D eigenvalue weighted by Gasteiger charge is 2.28. The Hall–Kier alpha value is -2.29. The number of benzene rings is 2. The fourth-order valence-corrected chi connectivity index (χ4v) is 3.74. The lowest BCUT2D eigenvalue weighted by Gasteiger charge is -2.27. The monoisotopic (exact) mass is 472 g/mol. The van der Waals surface area contributed by atoms with Gasteiger partial charge in [-0.15, -0.1) is 12.4 Å². The molecule has 2 aromatic rings. The fraction of sp³-hybridized carbons (Fsp3) is 0.435. The summed E-state index contributed by atoms with van der Waals surface area (Å²) in [5.41, 5.74) is 1.74. The molecule has 2 N–H and O–H groups in total. The van der Waals surface area contributed by atoms with E-state index in [1.807, 2.05) is 12.1 Å². The summed E-state index contributed by atoms with van der Waals surface area (Å²) < 4.78 is 49.6. The van der Waals surface area contributed by atoms with Gasteiger partial charge >= 0.3 is 0 Å². The summed E-state index contributed by atoms with van der Waals surface area (Å²) in [6, 6.07) is 9.40. The molecule has 0 saturated carbocycles. The molecule has 1 atom stereocenters.